The van der Waals surface area contributed by atoms with E-state index in [1.165, 1.54) is 16.2 Å². The fraction of sp³-hybridized carbons (Fsp3) is 0.368. The van der Waals surface area contributed by atoms with Gasteiger partial charge in [0, 0.05) is 25.4 Å². The van der Waals surface area contributed by atoms with Crippen molar-refractivity contribution >= 4 is 5.91 Å². The van der Waals surface area contributed by atoms with Gasteiger partial charge in [-0.15, -0.1) is 0 Å². The maximum atomic E-state index is 12.4. The average molecular weight is 326 g/mol. The van der Waals surface area contributed by atoms with Gasteiger partial charge in [-0.25, -0.2) is 0 Å². The molecule has 1 saturated heterocycles. The summed E-state index contributed by atoms with van der Waals surface area (Å²) >= 11 is 0. The Morgan fingerprint density at radius 2 is 2.00 bits per heavy atom. The molecule has 1 aromatic heterocycles. The minimum Gasteiger partial charge on any atom is -0.392 e. The van der Waals surface area contributed by atoms with Crippen LogP contribution in [0.15, 0.2) is 53.5 Å². The Balaban J connectivity index is 1.57. The van der Waals surface area contributed by atoms with Crippen LogP contribution in [0.2, 0.25) is 0 Å². The van der Waals surface area contributed by atoms with Gasteiger partial charge in [0.15, 0.2) is 0 Å². The molecule has 0 aliphatic carbocycles. The first-order valence-corrected chi connectivity index (χ1v) is 8.27. The number of rotatable bonds is 5. The highest BCUT2D eigenvalue weighted by molar-refractivity contribution is 5.76. The minimum absolute atomic E-state index is 0.00471. The third-order valence-corrected chi connectivity index (χ3v) is 4.54. The summed E-state index contributed by atoms with van der Waals surface area (Å²) in [5, 5.41) is 9.22. The summed E-state index contributed by atoms with van der Waals surface area (Å²) in [6, 6.07) is 12.9. The van der Waals surface area contributed by atoms with Crippen LogP contribution >= 0.6 is 0 Å². The first-order valence-electron chi connectivity index (χ1n) is 8.27. The molecule has 2 aromatic rings. The second-order valence-corrected chi connectivity index (χ2v) is 6.34. The number of hydrogen-bond acceptors (Lipinski definition) is 3. The van der Waals surface area contributed by atoms with E-state index in [9.17, 15) is 14.7 Å². The summed E-state index contributed by atoms with van der Waals surface area (Å²) in [7, 11) is 0. The van der Waals surface area contributed by atoms with Crippen LogP contribution in [-0.4, -0.2) is 33.6 Å². The van der Waals surface area contributed by atoms with Crippen molar-refractivity contribution in [2.75, 3.05) is 13.1 Å². The number of aliphatic hydroxyl groups is 1. The zero-order valence-corrected chi connectivity index (χ0v) is 13.6. The molecule has 0 bridgehead atoms. The molecule has 126 valence electrons. The molecule has 0 radical (unpaired) electrons. The number of likely N-dealkylation sites (tertiary alicyclic amines) is 1. The van der Waals surface area contributed by atoms with Crippen LogP contribution < -0.4 is 5.56 Å². The fourth-order valence-electron chi connectivity index (χ4n) is 3.25. The van der Waals surface area contributed by atoms with Crippen LogP contribution in [-0.2, 0) is 24.4 Å². The first-order chi connectivity index (χ1) is 11.7. The number of nitrogens with zero attached hydrogens (tertiary/aromatic N) is 2. The normalized spacial score (nSPS) is 17.2. The number of benzene rings is 1. The molecule has 1 N–H and O–H groups in total. The zero-order valence-electron chi connectivity index (χ0n) is 13.6. The number of aliphatic hydroxyl groups excluding tert-OH is 1. The van der Waals surface area contributed by atoms with E-state index in [2.05, 4.69) is 6.07 Å². The molecule has 5 heteroatoms. The van der Waals surface area contributed by atoms with E-state index in [1.807, 2.05) is 23.1 Å². The summed E-state index contributed by atoms with van der Waals surface area (Å²) in [6.07, 6.45) is 3.52. The lowest BCUT2D eigenvalue weighted by atomic mass is 9.97. The van der Waals surface area contributed by atoms with E-state index in [4.69, 9.17) is 0 Å². The Hall–Kier alpha value is -2.40. The quantitative estimate of drug-likeness (QED) is 0.904. The van der Waals surface area contributed by atoms with Gasteiger partial charge in [-0.05, 0) is 36.0 Å². The predicted octanol–water partition coefficient (Wildman–Crippen LogP) is 1.43. The molecule has 0 spiro atoms. The van der Waals surface area contributed by atoms with Crippen molar-refractivity contribution in [3.8, 4) is 0 Å². The molecular formula is C19H22N2O3. The van der Waals surface area contributed by atoms with Gasteiger partial charge in [0.05, 0.1) is 6.61 Å². The summed E-state index contributed by atoms with van der Waals surface area (Å²) in [5.41, 5.74) is 1.96. The first kappa shape index (κ1) is 16.5. The molecular weight excluding hydrogens is 304 g/mol. The third-order valence-electron chi connectivity index (χ3n) is 4.54. The van der Waals surface area contributed by atoms with Gasteiger partial charge in [0.2, 0.25) is 5.91 Å². The van der Waals surface area contributed by atoms with Crippen molar-refractivity contribution < 1.29 is 9.90 Å². The molecule has 0 saturated carbocycles. The summed E-state index contributed by atoms with van der Waals surface area (Å²) in [6.45, 7) is 1.62. The van der Waals surface area contributed by atoms with E-state index < -0.39 is 0 Å². The molecule has 1 fully saturated rings. The van der Waals surface area contributed by atoms with Crippen molar-refractivity contribution in [1.29, 1.82) is 0 Å². The molecule has 5 nitrogen and oxygen atoms in total. The molecule has 3 rings (SSSR count). The zero-order chi connectivity index (χ0) is 16.9. The van der Waals surface area contributed by atoms with Crippen molar-refractivity contribution in [1.82, 2.24) is 9.47 Å². The molecule has 2 heterocycles. The maximum absolute atomic E-state index is 12.4. The number of pyridine rings is 1. The lowest BCUT2D eigenvalue weighted by molar-refractivity contribution is -0.130. The highest BCUT2D eigenvalue weighted by Gasteiger charge is 2.26. The van der Waals surface area contributed by atoms with Crippen LogP contribution in [0.3, 0.4) is 0 Å². The van der Waals surface area contributed by atoms with Gasteiger partial charge in [0.1, 0.15) is 6.54 Å². The maximum Gasteiger partial charge on any atom is 0.250 e. The number of amides is 1. The highest BCUT2D eigenvalue weighted by Crippen LogP contribution is 2.21. The van der Waals surface area contributed by atoms with Crippen molar-refractivity contribution in [2.24, 2.45) is 5.92 Å². The van der Waals surface area contributed by atoms with Gasteiger partial charge >= 0.3 is 0 Å². The van der Waals surface area contributed by atoms with Gasteiger partial charge < -0.3 is 14.6 Å². The van der Waals surface area contributed by atoms with Crippen LogP contribution in [0.25, 0.3) is 0 Å². The third kappa shape index (κ3) is 3.92. The molecule has 1 aliphatic heterocycles. The summed E-state index contributed by atoms with van der Waals surface area (Å²) in [4.78, 5) is 26.0. The number of aromatic nitrogens is 1. The summed E-state index contributed by atoms with van der Waals surface area (Å²) < 4.78 is 1.44. The smallest absolute Gasteiger partial charge is 0.250 e. The van der Waals surface area contributed by atoms with E-state index in [0.29, 0.717) is 5.92 Å². The largest absolute Gasteiger partial charge is 0.392 e. The molecule has 1 atom stereocenters. The standard InChI is InChI=1S/C19H22N2O3/c22-14-17-5-3-4-15(11-17)10-16-7-9-21(12-16)19(24)13-20-8-2-1-6-18(20)23/h1-6,8,11,16,22H,7,9-10,12-14H2/t16-/m1/s1. The van der Waals surface area contributed by atoms with Crippen LogP contribution in [0.4, 0.5) is 0 Å². The van der Waals surface area contributed by atoms with Crippen LogP contribution in [0, 0.1) is 5.92 Å². The average Bonchev–Trinajstić information content (AvgIpc) is 3.06. The van der Waals surface area contributed by atoms with Gasteiger partial charge in [-0.3, -0.25) is 9.59 Å². The number of carbonyl (C=O) groups excluding carboxylic acids is 1. The van der Waals surface area contributed by atoms with Gasteiger partial charge in [0.25, 0.3) is 5.56 Å². The Bertz CT molecular complexity index is 769. The van der Waals surface area contributed by atoms with Crippen molar-refractivity contribution in [3.63, 3.8) is 0 Å². The Morgan fingerprint density at radius 1 is 1.17 bits per heavy atom. The van der Waals surface area contributed by atoms with Crippen LogP contribution in [0.1, 0.15) is 17.5 Å². The van der Waals surface area contributed by atoms with E-state index in [0.717, 1.165) is 31.5 Å². The Morgan fingerprint density at radius 3 is 2.79 bits per heavy atom. The lowest BCUT2D eigenvalue weighted by Gasteiger charge is -2.17. The number of hydrogen-bond donors (Lipinski definition) is 1. The highest BCUT2D eigenvalue weighted by atomic mass is 16.3. The molecule has 1 amide bonds. The monoisotopic (exact) mass is 326 g/mol. The van der Waals surface area contributed by atoms with Gasteiger partial charge in [-0.1, -0.05) is 30.3 Å². The lowest BCUT2D eigenvalue weighted by Crippen LogP contribution is -2.34. The summed E-state index contributed by atoms with van der Waals surface area (Å²) in [5.74, 6) is 0.422. The predicted molar refractivity (Wildman–Crippen MR) is 91.5 cm³/mol. The van der Waals surface area contributed by atoms with E-state index in [1.54, 1.807) is 18.3 Å². The SMILES string of the molecule is O=C(Cn1ccccc1=O)N1CC[C@H](Cc2cccc(CO)c2)C1. The Labute approximate surface area is 141 Å². The van der Waals surface area contributed by atoms with Crippen LogP contribution in [0.5, 0.6) is 0 Å². The van der Waals surface area contributed by atoms with E-state index >= 15 is 0 Å². The molecule has 1 aliphatic rings. The van der Waals surface area contributed by atoms with Crippen molar-refractivity contribution in [3.05, 3.63) is 70.1 Å². The topological polar surface area (TPSA) is 62.5 Å². The minimum atomic E-state index is -0.151. The number of carbonyl (C=O) groups is 1. The second-order valence-electron chi connectivity index (χ2n) is 6.34. The van der Waals surface area contributed by atoms with Gasteiger partial charge in [-0.2, -0.15) is 0 Å². The second kappa shape index (κ2) is 7.45. The fourth-order valence-corrected chi connectivity index (χ4v) is 3.25. The van der Waals surface area contributed by atoms with Crippen molar-refractivity contribution in [2.45, 2.75) is 26.0 Å². The molecule has 1 aromatic carbocycles. The van der Waals surface area contributed by atoms with E-state index in [-0.39, 0.29) is 24.6 Å². The Kier molecular flexibility index (Phi) is 5.11. The molecule has 24 heavy (non-hydrogen) atoms. The molecule has 0 unspecified atom stereocenters.